The highest BCUT2D eigenvalue weighted by atomic mass is 19.3. The molecule has 0 aromatic heterocycles. The largest absolute Gasteiger partial charge is 0.490 e. The number of amides is 1. The minimum atomic E-state index is -2.91. The van der Waals surface area contributed by atoms with Crippen LogP contribution in [0.1, 0.15) is 18.9 Å². The molecule has 0 saturated carbocycles. The van der Waals surface area contributed by atoms with E-state index in [1.54, 1.807) is 26.1 Å². The maximum atomic E-state index is 12.3. The van der Waals surface area contributed by atoms with Crippen LogP contribution in [0.25, 0.3) is 0 Å². The van der Waals surface area contributed by atoms with Crippen molar-refractivity contribution in [3.05, 3.63) is 23.8 Å². The smallest absolute Gasteiger partial charge is 0.387 e. The van der Waals surface area contributed by atoms with Gasteiger partial charge in [-0.15, -0.1) is 0 Å². The van der Waals surface area contributed by atoms with Gasteiger partial charge in [0.1, 0.15) is 0 Å². The molecule has 0 saturated heterocycles. The van der Waals surface area contributed by atoms with E-state index >= 15 is 0 Å². The number of alkyl halides is 2. The fourth-order valence-electron chi connectivity index (χ4n) is 1.65. The molecule has 7 heteroatoms. The number of hydrogen-bond acceptors (Lipinski definition) is 4. The molecule has 0 heterocycles. The lowest BCUT2D eigenvalue weighted by Gasteiger charge is -2.13. The highest BCUT2D eigenvalue weighted by Gasteiger charge is 2.11. The lowest BCUT2D eigenvalue weighted by molar-refractivity contribution is -0.121. The van der Waals surface area contributed by atoms with Crippen molar-refractivity contribution in [1.29, 1.82) is 0 Å². The number of halogens is 2. The van der Waals surface area contributed by atoms with Crippen molar-refractivity contribution in [3.63, 3.8) is 0 Å². The van der Waals surface area contributed by atoms with E-state index in [0.717, 1.165) is 5.56 Å². The molecule has 0 radical (unpaired) electrons. The zero-order valence-electron chi connectivity index (χ0n) is 12.1. The lowest BCUT2D eigenvalue weighted by atomic mass is 10.2. The summed E-state index contributed by atoms with van der Waals surface area (Å²) in [6.07, 6.45) is 0.376. The molecule has 118 valence electrons. The summed E-state index contributed by atoms with van der Waals surface area (Å²) in [4.78, 5) is 11.5. The number of ether oxygens (including phenoxy) is 2. The maximum absolute atomic E-state index is 12.3. The molecule has 0 unspecified atom stereocenters. The standard InChI is InChI=1S/C14H20F2N2O3/c1-3-20-12-8-10(4-5-11(12)21-14(15)16)9-18-13(19)6-7-17-2/h4-5,8,14,17H,3,6-7,9H2,1-2H3,(H,18,19). The number of benzene rings is 1. The van der Waals surface area contributed by atoms with Gasteiger partial charge in [-0.25, -0.2) is 0 Å². The van der Waals surface area contributed by atoms with E-state index in [1.807, 2.05) is 0 Å². The van der Waals surface area contributed by atoms with E-state index in [-0.39, 0.29) is 17.4 Å². The fourth-order valence-corrected chi connectivity index (χ4v) is 1.65. The third-order valence-electron chi connectivity index (χ3n) is 2.62. The van der Waals surface area contributed by atoms with Crippen molar-refractivity contribution >= 4 is 5.91 Å². The molecule has 0 fully saturated rings. The molecule has 2 N–H and O–H groups in total. The Kier molecular flexibility index (Phi) is 7.45. The van der Waals surface area contributed by atoms with Crippen LogP contribution < -0.4 is 20.1 Å². The molecule has 0 aliphatic carbocycles. The summed E-state index contributed by atoms with van der Waals surface area (Å²) in [7, 11) is 1.77. The molecule has 0 aliphatic heterocycles. The van der Waals surface area contributed by atoms with Gasteiger partial charge in [0.2, 0.25) is 5.91 Å². The molecule has 1 rings (SSSR count). The van der Waals surface area contributed by atoms with Gasteiger partial charge in [-0.05, 0) is 31.7 Å². The Hall–Kier alpha value is -1.89. The number of rotatable bonds is 9. The highest BCUT2D eigenvalue weighted by molar-refractivity contribution is 5.76. The first-order chi connectivity index (χ1) is 10.1. The van der Waals surface area contributed by atoms with Gasteiger partial charge in [0.25, 0.3) is 0 Å². The van der Waals surface area contributed by atoms with E-state index in [9.17, 15) is 13.6 Å². The zero-order valence-corrected chi connectivity index (χ0v) is 12.1. The summed E-state index contributed by atoms with van der Waals surface area (Å²) in [6, 6.07) is 4.60. The molecule has 0 bridgehead atoms. The van der Waals surface area contributed by atoms with Gasteiger partial charge >= 0.3 is 6.61 Å². The quantitative estimate of drug-likeness (QED) is 0.731. The van der Waals surface area contributed by atoms with Gasteiger partial charge in [-0.1, -0.05) is 6.07 Å². The first-order valence-electron chi connectivity index (χ1n) is 6.68. The van der Waals surface area contributed by atoms with Crippen LogP contribution in [-0.4, -0.2) is 32.7 Å². The minimum Gasteiger partial charge on any atom is -0.490 e. The van der Waals surface area contributed by atoms with E-state index in [1.165, 1.54) is 6.07 Å². The molecule has 1 aromatic rings. The second-order valence-corrected chi connectivity index (χ2v) is 4.22. The third kappa shape index (κ3) is 6.40. The maximum Gasteiger partial charge on any atom is 0.387 e. The Balaban J connectivity index is 2.66. The minimum absolute atomic E-state index is 0.0166. The summed E-state index contributed by atoms with van der Waals surface area (Å²) >= 11 is 0. The Morgan fingerprint density at radius 1 is 1.33 bits per heavy atom. The summed E-state index contributed by atoms with van der Waals surface area (Å²) in [5, 5.41) is 5.62. The summed E-state index contributed by atoms with van der Waals surface area (Å²) in [5.41, 5.74) is 0.748. The summed E-state index contributed by atoms with van der Waals surface area (Å²) in [5.74, 6) is 0.132. The van der Waals surface area contributed by atoms with Crippen LogP contribution in [0.5, 0.6) is 11.5 Å². The molecular formula is C14H20F2N2O3. The van der Waals surface area contributed by atoms with Crippen molar-refractivity contribution in [3.8, 4) is 11.5 Å². The normalized spacial score (nSPS) is 10.5. The van der Waals surface area contributed by atoms with Gasteiger partial charge in [-0.2, -0.15) is 8.78 Å². The van der Waals surface area contributed by atoms with Crippen molar-refractivity contribution in [2.45, 2.75) is 26.5 Å². The SMILES string of the molecule is CCOc1cc(CNC(=O)CCNC)ccc1OC(F)F. The fraction of sp³-hybridized carbons (Fsp3) is 0.500. The van der Waals surface area contributed by atoms with Crippen LogP contribution in [0.4, 0.5) is 8.78 Å². The molecule has 1 aromatic carbocycles. The average molecular weight is 302 g/mol. The molecule has 1 amide bonds. The second kappa shape index (κ2) is 9.12. The molecule has 0 atom stereocenters. The zero-order chi connectivity index (χ0) is 15.7. The van der Waals surface area contributed by atoms with E-state index in [4.69, 9.17) is 4.74 Å². The van der Waals surface area contributed by atoms with Gasteiger partial charge in [0.15, 0.2) is 11.5 Å². The van der Waals surface area contributed by atoms with Gasteiger partial charge < -0.3 is 20.1 Å². The topological polar surface area (TPSA) is 59.6 Å². The first-order valence-corrected chi connectivity index (χ1v) is 6.68. The van der Waals surface area contributed by atoms with E-state index in [2.05, 4.69) is 15.4 Å². The van der Waals surface area contributed by atoms with Crippen molar-refractivity contribution in [2.75, 3.05) is 20.2 Å². The van der Waals surface area contributed by atoms with Crippen LogP contribution in [0, 0.1) is 0 Å². The van der Waals surface area contributed by atoms with Crippen LogP contribution >= 0.6 is 0 Å². The Labute approximate surface area is 122 Å². The second-order valence-electron chi connectivity index (χ2n) is 4.22. The van der Waals surface area contributed by atoms with Crippen LogP contribution in [0.3, 0.4) is 0 Å². The Morgan fingerprint density at radius 2 is 2.10 bits per heavy atom. The molecule has 0 aliphatic rings. The van der Waals surface area contributed by atoms with Gasteiger partial charge in [-0.3, -0.25) is 4.79 Å². The number of carbonyl (C=O) groups excluding carboxylic acids is 1. The summed E-state index contributed by atoms with van der Waals surface area (Å²) < 4.78 is 34.2. The predicted octanol–water partition coefficient (Wildman–Crippen LogP) is 1.91. The molecule has 21 heavy (non-hydrogen) atoms. The van der Waals surface area contributed by atoms with Gasteiger partial charge in [0, 0.05) is 19.5 Å². The van der Waals surface area contributed by atoms with Crippen molar-refractivity contribution in [1.82, 2.24) is 10.6 Å². The number of carbonyl (C=O) groups is 1. The monoisotopic (exact) mass is 302 g/mol. The van der Waals surface area contributed by atoms with Crippen molar-refractivity contribution in [2.24, 2.45) is 0 Å². The number of nitrogens with one attached hydrogen (secondary N) is 2. The van der Waals surface area contributed by atoms with Crippen LogP contribution in [-0.2, 0) is 11.3 Å². The highest BCUT2D eigenvalue weighted by Crippen LogP contribution is 2.29. The molecular weight excluding hydrogens is 282 g/mol. The Bertz CT molecular complexity index is 456. The van der Waals surface area contributed by atoms with Gasteiger partial charge in [0.05, 0.1) is 6.61 Å². The van der Waals surface area contributed by atoms with Crippen LogP contribution in [0.2, 0.25) is 0 Å². The van der Waals surface area contributed by atoms with E-state index < -0.39 is 6.61 Å². The predicted molar refractivity (Wildman–Crippen MR) is 74.6 cm³/mol. The van der Waals surface area contributed by atoms with E-state index in [0.29, 0.717) is 26.1 Å². The number of hydrogen-bond donors (Lipinski definition) is 2. The Morgan fingerprint density at radius 3 is 2.71 bits per heavy atom. The first kappa shape index (κ1) is 17.2. The molecule has 5 nitrogen and oxygen atoms in total. The third-order valence-corrected chi connectivity index (χ3v) is 2.62. The average Bonchev–Trinajstić information content (AvgIpc) is 2.45. The van der Waals surface area contributed by atoms with Crippen LogP contribution in [0.15, 0.2) is 18.2 Å². The molecule has 0 spiro atoms. The summed E-state index contributed by atoms with van der Waals surface area (Å²) in [6.45, 7) is 0.0707. The lowest BCUT2D eigenvalue weighted by Crippen LogP contribution is -2.26. The van der Waals surface area contributed by atoms with Crippen molar-refractivity contribution < 1.29 is 23.0 Å².